The van der Waals surface area contributed by atoms with Gasteiger partial charge in [-0.15, -0.1) is 0 Å². The largest absolute Gasteiger partial charge is 0.382 e. The lowest BCUT2D eigenvalue weighted by Gasteiger charge is -2.23. The molecule has 0 saturated heterocycles. The van der Waals surface area contributed by atoms with Gasteiger partial charge in [-0.3, -0.25) is 0 Å². The Hall–Kier alpha value is -0.510. The second-order valence-electron chi connectivity index (χ2n) is 4.57. The highest BCUT2D eigenvalue weighted by atomic mass is 35.5. The van der Waals surface area contributed by atoms with E-state index in [2.05, 4.69) is 10.3 Å². The Morgan fingerprint density at radius 3 is 2.59 bits per heavy atom. The summed E-state index contributed by atoms with van der Waals surface area (Å²) in [6.07, 6.45) is 0.877. The van der Waals surface area contributed by atoms with Crippen molar-refractivity contribution >= 4 is 28.9 Å². The fourth-order valence-corrected chi connectivity index (χ4v) is 2.00. The molecule has 1 aromatic rings. The maximum Gasteiger partial charge on any atom is 0.154 e. The van der Waals surface area contributed by atoms with Crippen LogP contribution in [0.25, 0.3) is 0 Å². The fourth-order valence-electron chi connectivity index (χ4n) is 1.40. The lowest BCUT2D eigenvalue weighted by atomic mass is 10.1. The number of methoxy groups -OCH3 is 1. The van der Waals surface area contributed by atoms with Crippen LogP contribution in [-0.4, -0.2) is 24.2 Å². The normalized spacial score (nSPS) is 11.6. The van der Waals surface area contributed by atoms with Gasteiger partial charge < -0.3 is 10.1 Å². The summed E-state index contributed by atoms with van der Waals surface area (Å²) in [6, 6.07) is 1.79. The molecule has 0 fully saturated rings. The minimum absolute atomic E-state index is 0.146. The lowest BCUT2D eigenvalue weighted by molar-refractivity contribution is 0.0185. The molecule has 0 atom stereocenters. The van der Waals surface area contributed by atoms with Crippen LogP contribution in [0.5, 0.6) is 0 Å². The van der Waals surface area contributed by atoms with Crippen LogP contribution in [0.15, 0.2) is 6.07 Å². The Balaban J connectivity index is 2.64. The predicted molar refractivity (Wildman–Crippen MR) is 73.2 cm³/mol. The first-order valence-corrected chi connectivity index (χ1v) is 6.23. The van der Waals surface area contributed by atoms with Gasteiger partial charge in [0.2, 0.25) is 0 Å². The van der Waals surface area contributed by atoms with Crippen molar-refractivity contribution in [1.29, 1.82) is 0 Å². The standard InChI is InChI=1S/C12H18Cl2N2O/c1-8-7-9(13)16-11(14)10(8)15-6-5-12(2,3)17-4/h7,15H,5-6H2,1-4H3. The molecule has 0 aromatic carbocycles. The number of aryl methyl sites for hydroxylation is 1. The average Bonchev–Trinajstić information content (AvgIpc) is 2.22. The van der Waals surface area contributed by atoms with E-state index >= 15 is 0 Å². The molecule has 0 aliphatic rings. The van der Waals surface area contributed by atoms with E-state index in [1.807, 2.05) is 20.8 Å². The Labute approximate surface area is 112 Å². The summed E-state index contributed by atoms with van der Waals surface area (Å²) < 4.78 is 5.35. The van der Waals surface area contributed by atoms with Crippen LogP contribution in [0.3, 0.4) is 0 Å². The van der Waals surface area contributed by atoms with E-state index in [0.717, 1.165) is 24.2 Å². The minimum atomic E-state index is -0.146. The summed E-state index contributed by atoms with van der Waals surface area (Å²) in [6.45, 7) is 6.81. The molecule has 17 heavy (non-hydrogen) atoms. The molecule has 0 aliphatic carbocycles. The van der Waals surface area contributed by atoms with Crippen molar-refractivity contribution in [3.63, 3.8) is 0 Å². The molecule has 1 aromatic heterocycles. The Bertz CT molecular complexity index is 371. The molecule has 0 radical (unpaired) electrons. The van der Waals surface area contributed by atoms with E-state index < -0.39 is 0 Å². The molecule has 0 aliphatic heterocycles. The van der Waals surface area contributed by atoms with Gasteiger partial charge in [-0.1, -0.05) is 23.2 Å². The van der Waals surface area contributed by atoms with Crippen LogP contribution in [0.2, 0.25) is 10.3 Å². The second kappa shape index (κ2) is 5.89. The van der Waals surface area contributed by atoms with Gasteiger partial charge in [0.15, 0.2) is 5.15 Å². The summed E-state index contributed by atoms with van der Waals surface area (Å²) in [5.74, 6) is 0. The summed E-state index contributed by atoms with van der Waals surface area (Å²) in [5.41, 5.74) is 1.68. The van der Waals surface area contributed by atoms with Crippen molar-refractivity contribution in [3.8, 4) is 0 Å². The number of nitrogens with zero attached hydrogens (tertiary/aromatic N) is 1. The van der Waals surface area contributed by atoms with Crippen molar-refractivity contribution in [1.82, 2.24) is 4.98 Å². The van der Waals surface area contributed by atoms with Crippen LogP contribution < -0.4 is 5.32 Å². The first kappa shape index (κ1) is 14.6. The number of ether oxygens (including phenoxy) is 1. The van der Waals surface area contributed by atoms with E-state index in [1.54, 1.807) is 13.2 Å². The highest BCUT2D eigenvalue weighted by molar-refractivity contribution is 6.34. The molecule has 1 rings (SSSR count). The van der Waals surface area contributed by atoms with Gasteiger partial charge in [0, 0.05) is 13.7 Å². The number of rotatable bonds is 5. The topological polar surface area (TPSA) is 34.1 Å². The molecule has 3 nitrogen and oxygen atoms in total. The highest BCUT2D eigenvalue weighted by Crippen LogP contribution is 2.26. The maximum absolute atomic E-state index is 6.03. The molecule has 5 heteroatoms. The molecule has 1 heterocycles. The smallest absolute Gasteiger partial charge is 0.154 e. The molecule has 1 N–H and O–H groups in total. The number of nitrogens with one attached hydrogen (secondary N) is 1. The highest BCUT2D eigenvalue weighted by Gasteiger charge is 2.16. The van der Waals surface area contributed by atoms with Crippen LogP contribution in [0.4, 0.5) is 5.69 Å². The van der Waals surface area contributed by atoms with Gasteiger partial charge in [0.25, 0.3) is 0 Å². The molecular weight excluding hydrogens is 259 g/mol. The number of halogens is 2. The van der Waals surface area contributed by atoms with Crippen LogP contribution >= 0.6 is 23.2 Å². The van der Waals surface area contributed by atoms with Crippen molar-refractivity contribution in [3.05, 3.63) is 21.9 Å². The van der Waals surface area contributed by atoms with Gasteiger partial charge in [-0.25, -0.2) is 4.98 Å². The third-order valence-electron chi connectivity index (χ3n) is 2.72. The molecule has 0 bridgehead atoms. The summed E-state index contributed by atoms with van der Waals surface area (Å²) in [4.78, 5) is 4.01. The Kier molecular flexibility index (Phi) is 5.04. The predicted octanol–water partition coefficient (Wildman–Crippen LogP) is 3.92. The first-order chi connectivity index (χ1) is 7.85. The van der Waals surface area contributed by atoms with Gasteiger partial charge in [-0.05, 0) is 38.8 Å². The van der Waals surface area contributed by atoms with Gasteiger partial charge in [0.05, 0.1) is 11.3 Å². The molecule has 0 amide bonds. The summed E-state index contributed by atoms with van der Waals surface area (Å²) >= 11 is 11.8. The van der Waals surface area contributed by atoms with E-state index in [9.17, 15) is 0 Å². The van der Waals surface area contributed by atoms with Crippen LogP contribution in [0.1, 0.15) is 25.8 Å². The van der Waals surface area contributed by atoms with Crippen LogP contribution in [0, 0.1) is 6.92 Å². The molecule has 0 saturated carbocycles. The van der Waals surface area contributed by atoms with E-state index in [0.29, 0.717) is 10.3 Å². The van der Waals surface area contributed by atoms with Gasteiger partial charge in [-0.2, -0.15) is 0 Å². The number of aromatic nitrogens is 1. The fraction of sp³-hybridized carbons (Fsp3) is 0.583. The van der Waals surface area contributed by atoms with E-state index in [4.69, 9.17) is 27.9 Å². The van der Waals surface area contributed by atoms with E-state index in [1.165, 1.54) is 0 Å². The number of hydrogen-bond donors (Lipinski definition) is 1. The number of pyridine rings is 1. The quantitative estimate of drug-likeness (QED) is 0.828. The molecule has 0 unspecified atom stereocenters. The Morgan fingerprint density at radius 1 is 1.41 bits per heavy atom. The monoisotopic (exact) mass is 276 g/mol. The molecular formula is C12H18Cl2N2O. The number of hydrogen-bond acceptors (Lipinski definition) is 3. The lowest BCUT2D eigenvalue weighted by Crippen LogP contribution is -2.26. The zero-order chi connectivity index (χ0) is 13.1. The van der Waals surface area contributed by atoms with E-state index in [-0.39, 0.29) is 5.60 Å². The zero-order valence-corrected chi connectivity index (χ0v) is 12.1. The van der Waals surface area contributed by atoms with Gasteiger partial charge >= 0.3 is 0 Å². The second-order valence-corrected chi connectivity index (χ2v) is 5.31. The molecule has 96 valence electrons. The maximum atomic E-state index is 6.03. The minimum Gasteiger partial charge on any atom is -0.382 e. The van der Waals surface area contributed by atoms with Crippen molar-refractivity contribution in [2.45, 2.75) is 32.8 Å². The zero-order valence-electron chi connectivity index (χ0n) is 10.6. The van der Waals surface area contributed by atoms with Crippen LogP contribution in [-0.2, 0) is 4.74 Å². The van der Waals surface area contributed by atoms with Crippen molar-refractivity contribution < 1.29 is 4.74 Å². The Morgan fingerprint density at radius 2 is 2.06 bits per heavy atom. The first-order valence-electron chi connectivity index (χ1n) is 5.47. The average molecular weight is 277 g/mol. The molecule has 0 spiro atoms. The third-order valence-corrected chi connectivity index (χ3v) is 3.19. The van der Waals surface area contributed by atoms with Gasteiger partial charge in [0.1, 0.15) is 5.15 Å². The third kappa shape index (κ3) is 4.34. The van der Waals surface area contributed by atoms with Crippen molar-refractivity contribution in [2.24, 2.45) is 0 Å². The number of anilines is 1. The summed E-state index contributed by atoms with van der Waals surface area (Å²) in [7, 11) is 1.71. The van der Waals surface area contributed by atoms with Crippen molar-refractivity contribution in [2.75, 3.05) is 19.0 Å². The summed E-state index contributed by atoms with van der Waals surface area (Å²) in [5, 5.41) is 4.09. The SMILES string of the molecule is COC(C)(C)CCNc1c(C)cc(Cl)nc1Cl.